The normalized spacial score (nSPS) is 14.0. The summed E-state index contributed by atoms with van der Waals surface area (Å²) in [5, 5.41) is 2.22. The summed E-state index contributed by atoms with van der Waals surface area (Å²) >= 11 is 0. The van der Waals surface area contributed by atoms with Crippen molar-refractivity contribution in [1.82, 2.24) is 0 Å². The minimum Gasteiger partial charge on any atom is -0.456 e. The molecule has 6 aromatic rings. The molecule has 1 aromatic heterocycles. The molecule has 7 rings (SSSR count). The molecular formula is C31H20O3. The monoisotopic (exact) mass is 440 g/mol. The van der Waals surface area contributed by atoms with E-state index in [9.17, 15) is 0 Å². The summed E-state index contributed by atoms with van der Waals surface area (Å²) in [5.41, 5.74) is 5.85. The Bertz CT molecular complexity index is 1610. The van der Waals surface area contributed by atoms with Gasteiger partial charge in [-0.15, -0.1) is 0 Å². The van der Waals surface area contributed by atoms with Gasteiger partial charge in [-0.1, -0.05) is 91.0 Å². The fourth-order valence-corrected chi connectivity index (χ4v) is 4.81. The Hall–Kier alpha value is -4.50. The molecule has 1 aliphatic rings. The molecule has 0 fully saturated rings. The molecule has 0 radical (unpaired) electrons. The van der Waals surface area contributed by atoms with Gasteiger partial charge in [-0.3, -0.25) is 0 Å². The second kappa shape index (κ2) is 7.26. The smallest absolute Gasteiger partial charge is 0.305 e. The van der Waals surface area contributed by atoms with Crippen LogP contribution in [0.1, 0.15) is 11.1 Å². The zero-order valence-corrected chi connectivity index (χ0v) is 18.3. The number of hydrogen-bond donors (Lipinski definition) is 0. The van der Waals surface area contributed by atoms with Crippen molar-refractivity contribution in [2.75, 3.05) is 0 Å². The number of hydrogen-bond acceptors (Lipinski definition) is 3. The third kappa shape index (κ3) is 2.84. The van der Waals surface area contributed by atoms with Gasteiger partial charge in [-0.05, 0) is 41.5 Å². The third-order valence-corrected chi connectivity index (χ3v) is 6.47. The molecule has 34 heavy (non-hydrogen) atoms. The molecular weight excluding hydrogens is 420 g/mol. The Balaban J connectivity index is 1.33. The highest BCUT2D eigenvalue weighted by Crippen LogP contribution is 2.49. The van der Waals surface area contributed by atoms with Crippen molar-refractivity contribution in [2.24, 2.45) is 0 Å². The molecule has 0 saturated carbocycles. The van der Waals surface area contributed by atoms with E-state index in [1.54, 1.807) is 0 Å². The maximum Gasteiger partial charge on any atom is 0.305 e. The zero-order chi connectivity index (χ0) is 22.5. The molecule has 5 aromatic carbocycles. The van der Waals surface area contributed by atoms with Gasteiger partial charge in [0.25, 0.3) is 0 Å². The lowest BCUT2D eigenvalue weighted by atomic mass is 9.97. The van der Waals surface area contributed by atoms with E-state index in [-0.39, 0.29) is 0 Å². The first kappa shape index (κ1) is 19.0. The van der Waals surface area contributed by atoms with Crippen LogP contribution >= 0.6 is 0 Å². The third-order valence-electron chi connectivity index (χ3n) is 6.47. The average Bonchev–Trinajstić information content (AvgIpc) is 3.48. The summed E-state index contributed by atoms with van der Waals surface area (Å²) in [6.45, 7) is 0. The van der Waals surface area contributed by atoms with E-state index in [1.807, 2.05) is 91.0 Å². The van der Waals surface area contributed by atoms with Gasteiger partial charge in [-0.25, -0.2) is 0 Å². The molecule has 0 unspecified atom stereocenters. The Labute approximate surface area is 196 Å². The van der Waals surface area contributed by atoms with Gasteiger partial charge in [0.05, 0.1) is 0 Å². The van der Waals surface area contributed by atoms with Crippen LogP contribution in [0.2, 0.25) is 0 Å². The van der Waals surface area contributed by atoms with E-state index >= 15 is 0 Å². The summed E-state index contributed by atoms with van der Waals surface area (Å²) in [5.74, 6) is 0.433. The van der Waals surface area contributed by atoms with Crippen molar-refractivity contribution in [2.45, 2.75) is 5.79 Å². The highest BCUT2D eigenvalue weighted by atomic mass is 16.7. The second-order valence-corrected chi connectivity index (χ2v) is 8.52. The largest absolute Gasteiger partial charge is 0.456 e. The molecule has 3 heteroatoms. The van der Waals surface area contributed by atoms with Crippen LogP contribution in [0.4, 0.5) is 0 Å². The van der Waals surface area contributed by atoms with Gasteiger partial charge in [-0.2, -0.15) is 0 Å². The molecule has 0 bridgehead atoms. The summed E-state index contributed by atoms with van der Waals surface area (Å²) in [6.07, 6.45) is 0. The first-order valence-electron chi connectivity index (χ1n) is 11.3. The summed E-state index contributed by atoms with van der Waals surface area (Å²) in [7, 11) is 0. The van der Waals surface area contributed by atoms with Gasteiger partial charge >= 0.3 is 5.79 Å². The van der Waals surface area contributed by atoms with Crippen molar-refractivity contribution in [3.8, 4) is 22.6 Å². The number of rotatable bonds is 3. The molecule has 1 aliphatic heterocycles. The molecule has 0 amide bonds. The molecule has 0 spiro atoms. The second-order valence-electron chi connectivity index (χ2n) is 8.52. The lowest BCUT2D eigenvalue weighted by molar-refractivity contribution is -0.0459. The Kier molecular flexibility index (Phi) is 4.06. The van der Waals surface area contributed by atoms with Crippen molar-refractivity contribution in [3.63, 3.8) is 0 Å². The number of fused-ring (bicyclic) bond motifs is 4. The summed E-state index contributed by atoms with van der Waals surface area (Å²) in [4.78, 5) is 0. The van der Waals surface area contributed by atoms with Crippen LogP contribution in [-0.2, 0) is 5.79 Å². The van der Waals surface area contributed by atoms with Gasteiger partial charge in [0.15, 0.2) is 11.5 Å². The standard InChI is InChI=1S/C31H20O3/c1-3-9-23(10-4-1)31(24-11-5-2-6-12-24)33-29-18-16-22(20-30(29)34-31)21-15-17-28-26(19-21)25-13-7-8-14-27(25)32-28/h1-20H. The minimum atomic E-state index is -1.02. The summed E-state index contributed by atoms with van der Waals surface area (Å²) in [6, 6.07) is 40.8. The van der Waals surface area contributed by atoms with Crippen LogP contribution in [-0.4, -0.2) is 0 Å². The topological polar surface area (TPSA) is 31.6 Å². The van der Waals surface area contributed by atoms with Gasteiger partial charge in [0.1, 0.15) is 11.2 Å². The number of benzene rings is 5. The molecule has 0 N–H and O–H groups in total. The average molecular weight is 440 g/mol. The van der Waals surface area contributed by atoms with Crippen molar-refractivity contribution in [3.05, 3.63) is 132 Å². The minimum absolute atomic E-state index is 0.724. The molecule has 0 saturated heterocycles. The highest BCUT2D eigenvalue weighted by molar-refractivity contribution is 6.06. The predicted octanol–water partition coefficient (Wildman–Crippen LogP) is 7.93. The molecule has 0 aliphatic carbocycles. The van der Waals surface area contributed by atoms with E-state index in [2.05, 4.69) is 30.3 Å². The molecule has 3 nitrogen and oxygen atoms in total. The fraction of sp³-hybridized carbons (Fsp3) is 0.0323. The van der Waals surface area contributed by atoms with Crippen LogP contribution in [0.15, 0.2) is 126 Å². The van der Waals surface area contributed by atoms with E-state index in [0.717, 1.165) is 55.7 Å². The van der Waals surface area contributed by atoms with Crippen LogP contribution in [0.25, 0.3) is 33.1 Å². The number of furan rings is 1. The van der Waals surface area contributed by atoms with Gasteiger partial charge in [0, 0.05) is 21.9 Å². The van der Waals surface area contributed by atoms with E-state index in [4.69, 9.17) is 13.9 Å². The van der Waals surface area contributed by atoms with Gasteiger partial charge < -0.3 is 13.9 Å². The predicted molar refractivity (Wildman–Crippen MR) is 134 cm³/mol. The maximum absolute atomic E-state index is 6.63. The first-order valence-corrected chi connectivity index (χ1v) is 11.3. The van der Waals surface area contributed by atoms with E-state index in [0.29, 0.717) is 0 Å². The Morgan fingerprint density at radius 1 is 0.441 bits per heavy atom. The Morgan fingerprint density at radius 2 is 1.03 bits per heavy atom. The molecule has 2 heterocycles. The Morgan fingerprint density at radius 3 is 1.79 bits per heavy atom. The first-order chi connectivity index (χ1) is 16.8. The lowest BCUT2D eigenvalue weighted by Crippen LogP contribution is -2.36. The number of para-hydroxylation sites is 1. The number of ether oxygens (including phenoxy) is 2. The summed E-state index contributed by atoms with van der Waals surface area (Å²) < 4.78 is 19.2. The van der Waals surface area contributed by atoms with Crippen LogP contribution in [0.5, 0.6) is 11.5 Å². The van der Waals surface area contributed by atoms with Crippen LogP contribution in [0.3, 0.4) is 0 Å². The van der Waals surface area contributed by atoms with Crippen molar-refractivity contribution >= 4 is 21.9 Å². The SMILES string of the molecule is c1ccc(C2(c3ccccc3)Oc3ccc(-c4ccc5oc6ccccc6c5c4)cc3O2)cc1. The highest BCUT2D eigenvalue weighted by Gasteiger charge is 2.45. The zero-order valence-electron chi connectivity index (χ0n) is 18.3. The van der Waals surface area contributed by atoms with Crippen molar-refractivity contribution in [1.29, 1.82) is 0 Å². The van der Waals surface area contributed by atoms with Crippen LogP contribution < -0.4 is 9.47 Å². The van der Waals surface area contributed by atoms with E-state index < -0.39 is 5.79 Å². The molecule has 162 valence electrons. The van der Waals surface area contributed by atoms with Crippen molar-refractivity contribution < 1.29 is 13.9 Å². The quantitative estimate of drug-likeness (QED) is 0.280. The lowest BCUT2D eigenvalue weighted by Gasteiger charge is -2.28. The molecule has 0 atom stereocenters. The maximum atomic E-state index is 6.63. The fourth-order valence-electron chi connectivity index (χ4n) is 4.81. The van der Waals surface area contributed by atoms with Gasteiger partial charge in [0.2, 0.25) is 0 Å². The van der Waals surface area contributed by atoms with Crippen LogP contribution in [0, 0.1) is 0 Å². The van der Waals surface area contributed by atoms with E-state index in [1.165, 1.54) is 0 Å².